The van der Waals surface area contributed by atoms with Crippen LogP contribution in [0.1, 0.15) is 0 Å². The molecule has 66 valence electrons. The Labute approximate surface area is 86.8 Å². The first-order valence-electron chi connectivity index (χ1n) is 3.87. The van der Waals surface area contributed by atoms with Crippen LogP contribution in [0, 0.1) is 0 Å². The monoisotopic (exact) mass is 210 g/mol. The lowest BCUT2D eigenvalue weighted by atomic mass is 10.3. The number of benzene rings is 1. The van der Waals surface area contributed by atoms with Crippen LogP contribution in [0.5, 0.6) is 0 Å². The SMILES string of the molecule is S=C1N=CCN1c1ccccc1Cl. The largest absolute Gasteiger partial charge is 0.310 e. The van der Waals surface area contributed by atoms with Gasteiger partial charge >= 0.3 is 0 Å². The van der Waals surface area contributed by atoms with Gasteiger partial charge in [0, 0.05) is 6.21 Å². The summed E-state index contributed by atoms with van der Waals surface area (Å²) in [7, 11) is 0. The highest BCUT2D eigenvalue weighted by atomic mass is 35.5. The lowest BCUT2D eigenvalue weighted by Crippen LogP contribution is -2.23. The van der Waals surface area contributed by atoms with Crippen molar-refractivity contribution < 1.29 is 0 Å². The van der Waals surface area contributed by atoms with Gasteiger partial charge in [-0.2, -0.15) is 0 Å². The average molecular weight is 211 g/mol. The number of hydrogen-bond acceptors (Lipinski definition) is 1. The first-order chi connectivity index (χ1) is 6.29. The minimum Gasteiger partial charge on any atom is -0.310 e. The molecule has 0 aliphatic carbocycles. The maximum atomic E-state index is 6.01. The van der Waals surface area contributed by atoms with Crippen molar-refractivity contribution in [2.24, 2.45) is 4.99 Å². The van der Waals surface area contributed by atoms with E-state index in [-0.39, 0.29) is 0 Å². The van der Waals surface area contributed by atoms with Crippen molar-refractivity contribution in [1.82, 2.24) is 0 Å². The minimum atomic E-state index is 0.577. The van der Waals surface area contributed by atoms with Crippen LogP contribution in [0.25, 0.3) is 0 Å². The minimum absolute atomic E-state index is 0.577. The summed E-state index contributed by atoms with van der Waals surface area (Å²) < 4.78 is 0. The quantitative estimate of drug-likeness (QED) is 0.662. The van der Waals surface area contributed by atoms with Gasteiger partial charge in [0.15, 0.2) is 5.11 Å². The normalized spacial score (nSPS) is 15.5. The van der Waals surface area contributed by atoms with Gasteiger partial charge in [-0.05, 0) is 24.4 Å². The van der Waals surface area contributed by atoms with Crippen molar-refractivity contribution in [1.29, 1.82) is 0 Å². The van der Waals surface area contributed by atoms with Gasteiger partial charge < -0.3 is 4.90 Å². The summed E-state index contributed by atoms with van der Waals surface area (Å²) in [5, 5.41) is 1.28. The molecule has 0 radical (unpaired) electrons. The maximum absolute atomic E-state index is 6.01. The number of anilines is 1. The number of aliphatic imine (C=N–C) groups is 1. The molecule has 0 spiro atoms. The van der Waals surface area contributed by atoms with Crippen molar-refractivity contribution >= 4 is 40.8 Å². The van der Waals surface area contributed by atoms with E-state index in [4.69, 9.17) is 23.8 Å². The van der Waals surface area contributed by atoms with Gasteiger partial charge in [-0.25, -0.2) is 4.99 Å². The van der Waals surface area contributed by atoms with Crippen LogP contribution in [0.3, 0.4) is 0 Å². The number of thiocarbonyl (C=S) groups is 1. The smallest absolute Gasteiger partial charge is 0.200 e. The van der Waals surface area contributed by atoms with E-state index in [1.165, 1.54) is 0 Å². The third-order valence-corrected chi connectivity index (χ3v) is 2.49. The van der Waals surface area contributed by atoms with Gasteiger partial charge in [0.25, 0.3) is 0 Å². The van der Waals surface area contributed by atoms with Gasteiger partial charge in [-0.15, -0.1) is 0 Å². The van der Waals surface area contributed by atoms with Crippen LogP contribution >= 0.6 is 23.8 Å². The van der Waals surface area contributed by atoms with E-state index in [9.17, 15) is 0 Å². The highest BCUT2D eigenvalue weighted by molar-refractivity contribution is 7.80. The van der Waals surface area contributed by atoms with Crippen molar-refractivity contribution in [2.45, 2.75) is 0 Å². The van der Waals surface area contributed by atoms with E-state index in [2.05, 4.69) is 4.99 Å². The second kappa shape index (κ2) is 3.44. The molecule has 0 saturated heterocycles. The lowest BCUT2D eigenvalue weighted by Gasteiger charge is -2.17. The van der Waals surface area contributed by atoms with Gasteiger partial charge in [-0.3, -0.25) is 0 Å². The number of nitrogens with zero attached hydrogens (tertiary/aromatic N) is 2. The van der Waals surface area contributed by atoms with E-state index in [1.54, 1.807) is 6.21 Å². The number of halogens is 1. The molecular formula is C9H7ClN2S. The summed E-state index contributed by atoms with van der Waals surface area (Å²) >= 11 is 11.1. The third-order valence-electron chi connectivity index (χ3n) is 1.84. The molecule has 1 aliphatic rings. The third kappa shape index (κ3) is 1.57. The predicted octanol–water partition coefficient (Wildman–Crippen LogP) is 2.52. The summed E-state index contributed by atoms with van der Waals surface area (Å²) in [6.45, 7) is 0.711. The average Bonchev–Trinajstić information content (AvgIpc) is 2.52. The van der Waals surface area contributed by atoms with Crippen LogP contribution in [0.4, 0.5) is 5.69 Å². The highest BCUT2D eigenvalue weighted by Gasteiger charge is 2.16. The van der Waals surface area contributed by atoms with Crippen LogP contribution < -0.4 is 4.90 Å². The van der Waals surface area contributed by atoms with Crippen LogP contribution in [-0.2, 0) is 0 Å². The van der Waals surface area contributed by atoms with Gasteiger partial charge in [0.2, 0.25) is 0 Å². The maximum Gasteiger partial charge on any atom is 0.200 e. The zero-order chi connectivity index (χ0) is 9.26. The Balaban J connectivity index is 2.36. The van der Waals surface area contributed by atoms with Crippen molar-refractivity contribution in [2.75, 3.05) is 11.4 Å². The Kier molecular flexibility index (Phi) is 2.29. The van der Waals surface area contributed by atoms with Gasteiger partial charge in [0.05, 0.1) is 17.3 Å². The molecule has 0 bridgehead atoms. The molecule has 0 atom stereocenters. The lowest BCUT2D eigenvalue weighted by molar-refractivity contribution is 1.24. The van der Waals surface area contributed by atoms with Crippen molar-refractivity contribution in [3.05, 3.63) is 29.3 Å². The molecule has 1 heterocycles. The van der Waals surface area contributed by atoms with Crippen LogP contribution in [0.15, 0.2) is 29.3 Å². The second-order valence-electron chi connectivity index (χ2n) is 2.66. The fourth-order valence-electron chi connectivity index (χ4n) is 1.22. The van der Waals surface area contributed by atoms with Crippen LogP contribution in [-0.4, -0.2) is 17.9 Å². The molecule has 1 aromatic rings. The fourth-order valence-corrected chi connectivity index (χ4v) is 1.71. The van der Waals surface area contributed by atoms with E-state index >= 15 is 0 Å². The Hall–Kier alpha value is -0.930. The molecule has 2 nitrogen and oxygen atoms in total. The van der Waals surface area contributed by atoms with E-state index < -0.39 is 0 Å². The standard InChI is InChI=1S/C9H7ClN2S/c10-7-3-1-2-4-8(7)12-6-5-11-9(12)13/h1-5H,6H2. The molecule has 4 heteroatoms. The van der Waals surface area contributed by atoms with E-state index in [0.717, 1.165) is 5.69 Å². The molecule has 1 aliphatic heterocycles. The molecule has 0 unspecified atom stereocenters. The Morgan fingerprint density at radius 3 is 2.77 bits per heavy atom. The zero-order valence-electron chi connectivity index (χ0n) is 6.77. The Bertz CT molecular complexity index is 376. The molecular weight excluding hydrogens is 204 g/mol. The first kappa shape index (κ1) is 8.66. The van der Waals surface area contributed by atoms with Gasteiger partial charge in [0.1, 0.15) is 0 Å². The molecule has 1 aromatic carbocycles. The highest BCUT2D eigenvalue weighted by Crippen LogP contribution is 2.26. The number of rotatable bonds is 1. The molecule has 0 fully saturated rings. The molecule has 0 N–H and O–H groups in total. The summed E-state index contributed by atoms with van der Waals surface area (Å²) in [6.07, 6.45) is 1.78. The van der Waals surface area contributed by atoms with Crippen LogP contribution in [0.2, 0.25) is 5.02 Å². The summed E-state index contributed by atoms with van der Waals surface area (Å²) in [5.41, 5.74) is 0.923. The Morgan fingerprint density at radius 1 is 1.38 bits per heavy atom. The molecule has 0 amide bonds. The number of para-hydroxylation sites is 1. The Morgan fingerprint density at radius 2 is 2.15 bits per heavy atom. The molecule has 0 saturated carbocycles. The van der Waals surface area contributed by atoms with E-state index in [0.29, 0.717) is 16.7 Å². The molecule has 13 heavy (non-hydrogen) atoms. The number of hydrogen-bond donors (Lipinski definition) is 0. The summed E-state index contributed by atoms with van der Waals surface area (Å²) in [4.78, 5) is 5.91. The van der Waals surface area contributed by atoms with E-state index in [1.807, 2.05) is 29.2 Å². The second-order valence-corrected chi connectivity index (χ2v) is 3.43. The topological polar surface area (TPSA) is 15.6 Å². The predicted molar refractivity (Wildman–Crippen MR) is 59.9 cm³/mol. The molecule has 0 aromatic heterocycles. The molecule has 2 rings (SSSR count). The van der Waals surface area contributed by atoms with Crippen molar-refractivity contribution in [3.8, 4) is 0 Å². The first-order valence-corrected chi connectivity index (χ1v) is 4.66. The summed E-state index contributed by atoms with van der Waals surface area (Å²) in [6, 6.07) is 7.61. The summed E-state index contributed by atoms with van der Waals surface area (Å²) in [5.74, 6) is 0. The fraction of sp³-hybridized carbons (Fsp3) is 0.111. The zero-order valence-corrected chi connectivity index (χ0v) is 8.35. The van der Waals surface area contributed by atoms with Gasteiger partial charge in [-0.1, -0.05) is 23.7 Å². The van der Waals surface area contributed by atoms with Crippen molar-refractivity contribution in [3.63, 3.8) is 0 Å².